The quantitative estimate of drug-likeness (QED) is 0.801. The van der Waals surface area contributed by atoms with Crippen LogP contribution >= 0.6 is 0 Å². The van der Waals surface area contributed by atoms with Crippen molar-refractivity contribution in [3.05, 3.63) is 47.8 Å². The summed E-state index contributed by atoms with van der Waals surface area (Å²) in [5, 5.41) is 16.6. The third-order valence-electron chi connectivity index (χ3n) is 4.38. The number of rotatable bonds is 4. The van der Waals surface area contributed by atoms with Gasteiger partial charge in [-0.3, -0.25) is 0 Å². The Bertz CT molecular complexity index is 787. The highest BCUT2D eigenvalue weighted by Gasteiger charge is 2.19. The van der Waals surface area contributed by atoms with Crippen molar-refractivity contribution in [1.82, 2.24) is 29.7 Å². The third kappa shape index (κ3) is 2.29. The van der Waals surface area contributed by atoms with Gasteiger partial charge in [-0.1, -0.05) is 6.07 Å². The van der Waals surface area contributed by atoms with Gasteiger partial charge in [-0.15, -0.1) is 10.2 Å². The van der Waals surface area contributed by atoms with Gasteiger partial charge in [0.1, 0.15) is 11.6 Å². The third-order valence-corrected chi connectivity index (χ3v) is 4.38. The monoisotopic (exact) mass is 296 g/mol. The van der Waals surface area contributed by atoms with Crippen molar-refractivity contribution in [3.63, 3.8) is 0 Å². The molecule has 1 atom stereocenters. The highest BCUT2D eigenvalue weighted by atomic mass is 15.3. The molecule has 0 unspecified atom stereocenters. The number of nitrogens with zero attached hydrogens (tertiary/aromatic N) is 5. The summed E-state index contributed by atoms with van der Waals surface area (Å²) in [4.78, 5) is 0. The number of fused-ring (bicyclic) bond motifs is 2. The van der Waals surface area contributed by atoms with Crippen molar-refractivity contribution in [2.24, 2.45) is 0 Å². The molecule has 1 N–H and O–H groups in total. The van der Waals surface area contributed by atoms with Crippen LogP contribution in [-0.4, -0.2) is 24.4 Å². The maximum absolute atomic E-state index is 4.39. The van der Waals surface area contributed by atoms with Gasteiger partial charge >= 0.3 is 0 Å². The van der Waals surface area contributed by atoms with E-state index in [1.54, 1.807) is 0 Å². The number of aromatic nitrogens is 5. The molecular formula is C16H20N6. The summed E-state index contributed by atoms with van der Waals surface area (Å²) in [7, 11) is 0. The van der Waals surface area contributed by atoms with Gasteiger partial charge in [-0.05, 0) is 31.9 Å². The lowest BCUT2D eigenvalue weighted by atomic mass is 10.1. The molecule has 0 amide bonds. The SMILES string of the molecule is C[C@@H](NCc1cnn2ccccc12)c1nnc2n1CCCC2. The van der Waals surface area contributed by atoms with E-state index in [2.05, 4.69) is 38.2 Å². The Labute approximate surface area is 129 Å². The van der Waals surface area contributed by atoms with E-state index in [0.29, 0.717) is 0 Å². The second kappa shape index (κ2) is 5.53. The van der Waals surface area contributed by atoms with Crippen LogP contribution in [0, 0.1) is 0 Å². The molecule has 4 heterocycles. The van der Waals surface area contributed by atoms with Crippen LogP contribution in [0.2, 0.25) is 0 Å². The molecule has 3 aromatic heterocycles. The first-order valence-corrected chi connectivity index (χ1v) is 7.89. The molecule has 1 aliphatic heterocycles. The molecule has 4 rings (SSSR count). The maximum Gasteiger partial charge on any atom is 0.149 e. The summed E-state index contributed by atoms with van der Waals surface area (Å²) in [5.41, 5.74) is 2.34. The van der Waals surface area contributed by atoms with Gasteiger partial charge in [0, 0.05) is 31.3 Å². The van der Waals surface area contributed by atoms with Crippen LogP contribution in [0.15, 0.2) is 30.6 Å². The first-order chi connectivity index (χ1) is 10.8. The molecule has 0 spiro atoms. The van der Waals surface area contributed by atoms with Gasteiger partial charge in [-0.25, -0.2) is 4.52 Å². The van der Waals surface area contributed by atoms with Crippen molar-refractivity contribution in [2.45, 2.75) is 45.3 Å². The van der Waals surface area contributed by atoms with Crippen LogP contribution in [0.1, 0.15) is 43.0 Å². The normalized spacial score (nSPS) is 15.9. The molecule has 0 bridgehead atoms. The van der Waals surface area contributed by atoms with Gasteiger partial charge in [-0.2, -0.15) is 5.10 Å². The summed E-state index contributed by atoms with van der Waals surface area (Å²) in [6.45, 7) is 3.97. The average Bonchev–Trinajstić information content (AvgIpc) is 3.17. The largest absolute Gasteiger partial charge is 0.314 e. The Morgan fingerprint density at radius 1 is 1.27 bits per heavy atom. The Morgan fingerprint density at radius 2 is 2.23 bits per heavy atom. The zero-order valence-corrected chi connectivity index (χ0v) is 12.7. The molecule has 0 aromatic carbocycles. The van der Waals surface area contributed by atoms with Crippen LogP contribution in [0.25, 0.3) is 5.52 Å². The molecule has 1 aliphatic rings. The molecule has 0 radical (unpaired) electrons. The number of pyridine rings is 1. The molecule has 0 saturated carbocycles. The Kier molecular flexibility index (Phi) is 3.38. The summed E-state index contributed by atoms with van der Waals surface area (Å²) in [6.07, 6.45) is 7.39. The highest BCUT2D eigenvalue weighted by Crippen LogP contribution is 2.19. The minimum Gasteiger partial charge on any atom is -0.314 e. The lowest BCUT2D eigenvalue weighted by molar-refractivity contribution is 0.465. The molecule has 6 nitrogen and oxygen atoms in total. The van der Waals surface area contributed by atoms with Crippen molar-refractivity contribution < 1.29 is 0 Å². The first-order valence-electron chi connectivity index (χ1n) is 7.89. The average molecular weight is 296 g/mol. The van der Waals surface area contributed by atoms with Crippen LogP contribution < -0.4 is 5.32 Å². The topological polar surface area (TPSA) is 60.0 Å². The standard InChI is InChI=1S/C16H20N6/c1-12(16-20-19-15-7-3-4-8-21(15)16)17-10-13-11-18-22-9-5-2-6-14(13)22/h2,5-6,9,11-12,17H,3-4,7-8,10H2,1H3/t12-/m1/s1. The van der Waals surface area contributed by atoms with Crippen LogP contribution in [-0.2, 0) is 19.5 Å². The maximum atomic E-state index is 4.39. The summed E-state index contributed by atoms with van der Waals surface area (Å²) >= 11 is 0. The van der Waals surface area contributed by atoms with E-state index < -0.39 is 0 Å². The number of aryl methyl sites for hydroxylation is 1. The van der Waals surface area contributed by atoms with E-state index in [0.717, 1.165) is 36.7 Å². The lowest BCUT2D eigenvalue weighted by Crippen LogP contribution is -2.23. The van der Waals surface area contributed by atoms with E-state index in [1.165, 1.54) is 18.4 Å². The van der Waals surface area contributed by atoms with E-state index >= 15 is 0 Å². The Morgan fingerprint density at radius 3 is 3.18 bits per heavy atom. The highest BCUT2D eigenvalue weighted by molar-refractivity contribution is 5.53. The summed E-state index contributed by atoms with van der Waals surface area (Å²) < 4.78 is 4.18. The molecule has 3 aromatic rings. The molecule has 0 fully saturated rings. The summed E-state index contributed by atoms with van der Waals surface area (Å²) in [5.74, 6) is 2.18. The predicted molar refractivity (Wildman–Crippen MR) is 83.4 cm³/mol. The second-order valence-corrected chi connectivity index (χ2v) is 5.89. The minimum atomic E-state index is 0.179. The fourth-order valence-electron chi connectivity index (χ4n) is 3.13. The van der Waals surface area contributed by atoms with E-state index in [4.69, 9.17) is 0 Å². The van der Waals surface area contributed by atoms with E-state index in [9.17, 15) is 0 Å². The number of hydrogen-bond acceptors (Lipinski definition) is 4. The van der Waals surface area contributed by atoms with Crippen LogP contribution in [0.5, 0.6) is 0 Å². The van der Waals surface area contributed by atoms with Gasteiger partial charge < -0.3 is 9.88 Å². The molecular weight excluding hydrogens is 276 g/mol. The Hall–Kier alpha value is -2.21. The fraction of sp³-hybridized carbons (Fsp3) is 0.438. The number of nitrogens with one attached hydrogen (secondary N) is 1. The Balaban J connectivity index is 1.50. The number of hydrogen-bond donors (Lipinski definition) is 1. The van der Waals surface area contributed by atoms with Crippen molar-refractivity contribution >= 4 is 5.52 Å². The summed E-state index contributed by atoms with van der Waals surface area (Å²) in [6, 6.07) is 6.30. The first kappa shape index (κ1) is 13.5. The molecule has 0 saturated heterocycles. The van der Waals surface area contributed by atoms with Crippen molar-refractivity contribution in [3.8, 4) is 0 Å². The van der Waals surface area contributed by atoms with Crippen LogP contribution in [0.3, 0.4) is 0 Å². The second-order valence-electron chi connectivity index (χ2n) is 5.89. The predicted octanol–water partition coefficient (Wildman–Crippen LogP) is 2.11. The van der Waals surface area contributed by atoms with Crippen molar-refractivity contribution in [1.29, 1.82) is 0 Å². The smallest absolute Gasteiger partial charge is 0.149 e. The van der Waals surface area contributed by atoms with Crippen LogP contribution in [0.4, 0.5) is 0 Å². The minimum absolute atomic E-state index is 0.179. The van der Waals surface area contributed by atoms with Gasteiger partial charge in [0.05, 0.1) is 17.8 Å². The van der Waals surface area contributed by atoms with E-state index in [-0.39, 0.29) is 6.04 Å². The molecule has 114 valence electrons. The molecule has 0 aliphatic carbocycles. The van der Waals surface area contributed by atoms with E-state index in [1.807, 2.05) is 29.0 Å². The lowest BCUT2D eigenvalue weighted by Gasteiger charge is -2.18. The van der Waals surface area contributed by atoms with Gasteiger partial charge in [0.15, 0.2) is 0 Å². The molecule has 22 heavy (non-hydrogen) atoms. The molecule has 6 heteroatoms. The fourth-order valence-corrected chi connectivity index (χ4v) is 3.13. The van der Waals surface area contributed by atoms with Gasteiger partial charge in [0.25, 0.3) is 0 Å². The van der Waals surface area contributed by atoms with Gasteiger partial charge in [0.2, 0.25) is 0 Å². The zero-order valence-electron chi connectivity index (χ0n) is 12.7. The van der Waals surface area contributed by atoms with Crippen molar-refractivity contribution in [2.75, 3.05) is 0 Å². The zero-order chi connectivity index (χ0) is 14.9.